The fourth-order valence-corrected chi connectivity index (χ4v) is 1.77. The standard InChI is InChI=1S/C12H14N2O3/c1-7-4-8(2-3-10(7)15)12(17)14-9-5-11(16)13-6-9/h2-4,9,15H,5-6H2,1H3,(H,13,16)(H,14,17). The molecule has 90 valence electrons. The van der Waals surface area contributed by atoms with E-state index >= 15 is 0 Å². The minimum absolute atomic E-state index is 0.0443. The van der Waals surface area contributed by atoms with E-state index in [1.54, 1.807) is 19.1 Å². The number of amides is 2. The second kappa shape index (κ2) is 4.45. The summed E-state index contributed by atoms with van der Waals surface area (Å²) in [5.74, 6) is -0.106. The SMILES string of the molecule is Cc1cc(C(=O)NC2CNC(=O)C2)ccc1O. The lowest BCUT2D eigenvalue weighted by molar-refractivity contribution is -0.119. The Morgan fingerprint density at radius 1 is 1.53 bits per heavy atom. The number of rotatable bonds is 2. The van der Waals surface area contributed by atoms with Gasteiger partial charge in [0.05, 0.1) is 6.04 Å². The van der Waals surface area contributed by atoms with Gasteiger partial charge in [-0.2, -0.15) is 0 Å². The highest BCUT2D eigenvalue weighted by Crippen LogP contribution is 2.17. The predicted octanol–water partition coefficient (Wildman–Crippen LogP) is 0.319. The van der Waals surface area contributed by atoms with Crippen molar-refractivity contribution in [2.24, 2.45) is 0 Å². The summed E-state index contributed by atoms with van der Waals surface area (Å²) in [5, 5.41) is 14.8. The fourth-order valence-electron chi connectivity index (χ4n) is 1.77. The molecule has 0 aliphatic carbocycles. The number of phenolic OH excluding ortho intramolecular Hbond substituents is 1. The summed E-state index contributed by atoms with van der Waals surface area (Å²) in [4.78, 5) is 22.8. The van der Waals surface area contributed by atoms with Crippen LogP contribution in [0.2, 0.25) is 0 Å². The lowest BCUT2D eigenvalue weighted by Crippen LogP contribution is -2.36. The highest BCUT2D eigenvalue weighted by Gasteiger charge is 2.23. The van der Waals surface area contributed by atoms with Gasteiger partial charge in [-0.15, -0.1) is 0 Å². The van der Waals surface area contributed by atoms with Gasteiger partial charge in [0.15, 0.2) is 0 Å². The second-order valence-corrected chi connectivity index (χ2v) is 4.18. The Bertz CT molecular complexity index is 471. The molecule has 1 fully saturated rings. The molecule has 5 heteroatoms. The van der Waals surface area contributed by atoms with Crippen molar-refractivity contribution in [3.8, 4) is 5.75 Å². The molecular formula is C12H14N2O3. The van der Waals surface area contributed by atoms with Gasteiger partial charge in [-0.3, -0.25) is 9.59 Å². The molecule has 0 spiro atoms. The third-order valence-electron chi connectivity index (χ3n) is 2.77. The molecule has 0 radical (unpaired) electrons. The number of hydrogen-bond acceptors (Lipinski definition) is 3. The maximum atomic E-state index is 11.8. The minimum Gasteiger partial charge on any atom is -0.508 e. The number of nitrogens with one attached hydrogen (secondary N) is 2. The molecular weight excluding hydrogens is 220 g/mol. The van der Waals surface area contributed by atoms with Crippen LogP contribution in [0.1, 0.15) is 22.3 Å². The Hall–Kier alpha value is -2.04. The van der Waals surface area contributed by atoms with Gasteiger partial charge in [0, 0.05) is 18.5 Å². The highest BCUT2D eigenvalue weighted by molar-refractivity contribution is 5.95. The largest absolute Gasteiger partial charge is 0.508 e. The summed E-state index contributed by atoms with van der Waals surface area (Å²) < 4.78 is 0. The Kier molecular flexibility index (Phi) is 2.99. The lowest BCUT2D eigenvalue weighted by Gasteiger charge is -2.11. The van der Waals surface area contributed by atoms with Crippen LogP contribution in [0, 0.1) is 6.92 Å². The van der Waals surface area contributed by atoms with Crippen LogP contribution in [-0.4, -0.2) is 29.5 Å². The maximum Gasteiger partial charge on any atom is 0.251 e. The molecule has 3 N–H and O–H groups in total. The van der Waals surface area contributed by atoms with Gasteiger partial charge in [-0.05, 0) is 30.7 Å². The van der Waals surface area contributed by atoms with E-state index in [9.17, 15) is 14.7 Å². The van der Waals surface area contributed by atoms with E-state index in [1.807, 2.05) is 0 Å². The molecule has 5 nitrogen and oxygen atoms in total. The van der Waals surface area contributed by atoms with Crippen LogP contribution in [0.4, 0.5) is 0 Å². The van der Waals surface area contributed by atoms with Crippen LogP contribution in [-0.2, 0) is 4.79 Å². The zero-order chi connectivity index (χ0) is 12.4. The van der Waals surface area contributed by atoms with Crippen LogP contribution >= 0.6 is 0 Å². The van der Waals surface area contributed by atoms with Crippen molar-refractivity contribution in [2.75, 3.05) is 6.54 Å². The van der Waals surface area contributed by atoms with Crippen LogP contribution < -0.4 is 10.6 Å². The van der Waals surface area contributed by atoms with Gasteiger partial charge in [0.2, 0.25) is 5.91 Å². The van der Waals surface area contributed by atoms with Gasteiger partial charge < -0.3 is 15.7 Å². The van der Waals surface area contributed by atoms with Crippen LogP contribution in [0.5, 0.6) is 5.75 Å². The fraction of sp³-hybridized carbons (Fsp3) is 0.333. The predicted molar refractivity (Wildman–Crippen MR) is 61.7 cm³/mol. The third kappa shape index (κ3) is 2.55. The summed E-state index contributed by atoms with van der Waals surface area (Å²) in [6.45, 7) is 2.20. The second-order valence-electron chi connectivity index (χ2n) is 4.18. The van der Waals surface area contributed by atoms with Crippen molar-refractivity contribution in [3.05, 3.63) is 29.3 Å². The van der Waals surface area contributed by atoms with E-state index in [0.29, 0.717) is 24.1 Å². The number of carbonyl (C=O) groups excluding carboxylic acids is 2. The van der Waals surface area contributed by atoms with Gasteiger partial charge in [0.25, 0.3) is 5.91 Å². The lowest BCUT2D eigenvalue weighted by atomic mass is 10.1. The molecule has 1 aromatic carbocycles. The molecule has 0 bridgehead atoms. The molecule has 1 aliphatic heterocycles. The summed E-state index contributed by atoms with van der Waals surface area (Å²) in [6, 6.07) is 4.52. The van der Waals surface area contributed by atoms with Crippen molar-refractivity contribution in [1.82, 2.24) is 10.6 Å². The van der Waals surface area contributed by atoms with Crippen molar-refractivity contribution in [2.45, 2.75) is 19.4 Å². The van der Waals surface area contributed by atoms with Crippen molar-refractivity contribution in [3.63, 3.8) is 0 Å². The summed E-state index contributed by atoms with van der Waals surface area (Å²) in [6.07, 6.45) is 0.322. The number of carbonyl (C=O) groups is 2. The molecule has 0 aromatic heterocycles. The number of hydrogen-bond donors (Lipinski definition) is 3. The van der Waals surface area contributed by atoms with Crippen LogP contribution in [0.25, 0.3) is 0 Å². The first-order chi connectivity index (χ1) is 8.06. The van der Waals surface area contributed by atoms with Gasteiger partial charge in [-0.1, -0.05) is 0 Å². The Labute approximate surface area is 98.8 Å². The first kappa shape index (κ1) is 11.4. The highest BCUT2D eigenvalue weighted by atomic mass is 16.3. The van der Waals surface area contributed by atoms with Gasteiger partial charge in [-0.25, -0.2) is 0 Å². The molecule has 2 rings (SSSR count). The maximum absolute atomic E-state index is 11.8. The van der Waals surface area contributed by atoms with Crippen molar-refractivity contribution in [1.29, 1.82) is 0 Å². The first-order valence-corrected chi connectivity index (χ1v) is 5.43. The first-order valence-electron chi connectivity index (χ1n) is 5.43. The van der Waals surface area contributed by atoms with Crippen molar-refractivity contribution >= 4 is 11.8 Å². The van der Waals surface area contributed by atoms with Crippen LogP contribution in [0.15, 0.2) is 18.2 Å². The third-order valence-corrected chi connectivity index (χ3v) is 2.77. The Morgan fingerprint density at radius 3 is 2.88 bits per heavy atom. The summed E-state index contributed by atoms with van der Waals surface area (Å²) in [7, 11) is 0. The zero-order valence-electron chi connectivity index (χ0n) is 9.49. The van der Waals surface area contributed by atoms with E-state index in [2.05, 4.69) is 10.6 Å². The normalized spacial score (nSPS) is 18.9. The number of aromatic hydroxyl groups is 1. The minimum atomic E-state index is -0.227. The monoisotopic (exact) mass is 234 g/mol. The molecule has 17 heavy (non-hydrogen) atoms. The quantitative estimate of drug-likeness (QED) is 0.689. The van der Waals surface area contributed by atoms with E-state index in [-0.39, 0.29) is 23.6 Å². The topological polar surface area (TPSA) is 78.4 Å². The molecule has 0 saturated carbocycles. The van der Waals surface area contributed by atoms with Crippen molar-refractivity contribution < 1.29 is 14.7 Å². The van der Waals surface area contributed by atoms with E-state index in [4.69, 9.17) is 0 Å². The van der Waals surface area contributed by atoms with Crippen LogP contribution in [0.3, 0.4) is 0 Å². The van der Waals surface area contributed by atoms with E-state index in [0.717, 1.165) is 0 Å². The molecule has 1 aromatic rings. The van der Waals surface area contributed by atoms with Gasteiger partial charge in [0.1, 0.15) is 5.75 Å². The Balaban J connectivity index is 2.04. The smallest absolute Gasteiger partial charge is 0.251 e. The number of benzene rings is 1. The van der Waals surface area contributed by atoms with E-state index < -0.39 is 0 Å². The van der Waals surface area contributed by atoms with E-state index in [1.165, 1.54) is 6.07 Å². The summed E-state index contributed by atoms with van der Waals surface area (Å²) in [5.41, 5.74) is 1.14. The van der Waals surface area contributed by atoms with Gasteiger partial charge >= 0.3 is 0 Å². The molecule has 2 amide bonds. The molecule has 1 atom stereocenters. The molecule has 1 heterocycles. The molecule has 1 unspecified atom stereocenters. The molecule has 1 saturated heterocycles. The summed E-state index contributed by atoms with van der Waals surface area (Å²) >= 11 is 0. The number of phenols is 1. The average Bonchev–Trinajstić information content (AvgIpc) is 2.68. The molecule has 1 aliphatic rings. The number of aryl methyl sites for hydroxylation is 1. The zero-order valence-corrected chi connectivity index (χ0v) is 9.49. The Morgan fingerprint density at radius 2 is 2.29 bits per heavy atom. The average molecular weight is 234 g/mol.